The Hall–Kier alpha value is -1.58. The van der Waals surface area contributed by atoms with Gasteiger partial charge in [0.2, 0.25) is 18.3 Å². The number of nitrogens with zero attached hydrogens (tertiary/aromatic N) is 1. The molecule has 0 saturated carbocycles. The third kappa shape index (κ3) is 5.48. The van der Waals surface area contributed by atoms with Gasteiger partial charge < -0.3 is 14.1 Å². The average molecular weight is 431 g/mol. The van der Waals surface area contributed by atoms with Crippen molar-refractivity contribution in [1.29, 1.82) is 0 Å². The van der Waals surface area contributed by atoms with Crippen molar-refractivity contribution in [3.05, 3.63) is 17.7 Å². The van der Waals surface area contributed by atoms with Gasteiger partial charge in [-0.1, -0.05) is 20.8 Å². The van der Waals surface area contributed by atoms with Gasteiger partial charge in [0.25, 0.3) is 5.91 Å². The number of hydrogen-bond acceptors (Lipinski definition) is 5. The molecule has 0 radical (unpaired) electrons. The molecule has 2 N–H and O–H groups in total. The SMILES string of the molecule is CCOc1cc(O[Si](C)(C)C(C)(C)C)cc(S(N)(=O)=O)c1C(=O)N(CC)CC. The zero-order valence-electron chi connectivity index (χ0n) is 18.3. The lowest BCUT2D eigenvalue weighted by Gasteiger charge is -2.36. The van der Waals surface area contributed by atoms with Gasteiger partial charge in [0.1, 0.15) is 22.0 Å². The summed E-state index contributed by atoms with van der Waals surface area (Å²) in [4.78, 5) is 14.3. The molecule has 0 bridgehead atoms. The first-order valence-corrected chi connectivity index (χ1v) is 14.0. The predicted octanol–water partition coefficient (Wildman–Crippen LogP) is 3.60. The van der Waals surface area contributed by atoms with Crippen LogP contribution in [-0.2, 0) is 10.0 Å². The predicted molar refractivity (Wildman–Crippen MR) is 114 cm³/mol. The van der Waals surface area contributed by atoms with Gasteiger partial charge in [-0.05, 0) is 45.0 Å². The smallest absolute Gasteiger partial charge is 0.258 e. The van der Waals surface area contributed by atoms with Crippen molar-refractivity contribution in [2.24, 2.45) is 5.14 Å². The Morgan fingerprint density at radius 1 is 1.14 bits per heavy atom. The van der Waals surface area contributed by atoms with E-state index < -0.39 is 24.2 Å². The molecule has 1 rings (SSSR count). The number of primary sulfonamides is 1. The van der Waals surface area contributed by atoms with Crippen LogP contribution in [0.25, 0.3) is 0 Å². The second-order valence-electron chi connectivity index (χ2n) is 8.11. The van der Waals surface area contributed by atoms with Crippen molar-refractivity contribution >= 4 is 24.2 Å². The van der Waals surface area contributed by atoms with E-state index in [-0.39, 0.29) is 27.9 Å². The van der Waals surface area contributed by atoms with E-state index in [1.54, 1.807) is 13.0 Å². The van der Waals surface area contributed by atoms with Crippen molar-refractivity contribution in [2.75, 3.05) is 19.7 Å². The molecule has 1 amide bonds. The van der Waals surface area contributed by atoms with Crippen molar-refractivity contribution in [3.8, 4) is 11.5 Å². The Bertz CT molecular complexity index is 812. The quantitative estimate of drug-likeness (QED) is 0.635. The molecule has 28 heavy (non-hydrogen) atoms. The fourth-order valence-corrected chi connectivity index (χ4v) is 4.21. The molecule has 160 valence electrons. The van der Waals surface area contributed by atoms with Gasteiger partial charge in [-0.3, -0.25) is 4.79 Å². The minimum absolute atomic E-state index is 0.0457. The molecule has 0 aromatic heterocycles. The maximum atomic E-state index is 13.0. The van der Waals surface area contributed by atoms with Crippen LogP contribution in [0.2, 0.25) is 18.1 Å². The van der Waals surface area contributed by atoms with E-state index in [2.05, 4.69) is 33.9 Å². The molecule has 0 heterocycles. The second-order valence-corrected chi connectivity index (χ2v) is 14.4. The Morgan fingerprint density at radius 2 is 1.68 bits per heavy atom. The Morgan fingerprint density at radius 3 is 2.07 bits per heavy atom. The molecular weight excluding hydrogens is 396 g/mol. The lowest BCUT2D eigenvalue weighted by Crippen LogP contribution is -2.44. The first-order chi connectivity index (χ1) is 12.7. The Balaban J connectivity index is 3.72. The van der Waals surface area contributed by atoms with E-state index in [0.717, 1.165) is 0 Å². The number of nitrogens with two attached hydrogens (primary N) is 1. The highest BCUT2D eigenvalue weighted by Crippen LogP contribution is 2.40. The molecular formula is C19H34N2O5SSi. The van der Waals surface area contributed by atoms with Gasteiger partial charge in [0.15, 0.2) is 0 Å². The van der Waals surface area contributed by atoms with E-state index in [1.807, 2.05) is 13.8 Å². The minimum atomic E-state index is -4.17. The average Bonchev–Trinajstić information content (AvgIpc) is 2.53. The maximum Gasteiger partial charge on any atom is 0.258 e. The second kappa shape index (κ2) is 8.83. The van der Waals surface area contributed by atoms with Crippen molar-refractivity contribution in [3.63, 3.8) is 0 Å². The van der Waals surface area contributed by atoms with Gasteiger partial charge in [-0.15, -0.1) is 0 Å². The Kier molecular flexibility index (Phi) is 7.72. The molecule has 0 unspecified atom stereocenters. The number of carbonyl (C=O) groups is 1. The number of ether oxygens (including phenoxy) is 1. The first-order valence-electron chi connectivity index (χ1n) is 9.51. The number of benzene rings is 1. The summed E-state index contributed by atoms with van der Waals surface area (Å²) in [6.07, 6.45) is 0. The van der Waals surface area contributed by atoms with Gasteiger partial charge in [-0.2, -0.15) is 0 Å². The summed E-state index contributed by atoms with van der Waals surface area (Å²) in [6, 6.07) is 2.93. The molecule has 0 spiro atoms. The van der Waals surface area contributed by atoms with Crippen molar-refractivity contribution in [2.45, 2.75) is 64.6 Å². The third-order valence-corrected chi connectivity index (χ3v) is 10.4. The van der Waals surface area contributed by atoms with Crippen molar-refractivity contribution in [1.82, 2.24) is 4.90 Å². The summed E-state index contributed by atoms with van der Waals surface area (Å²) in [5, 5.41) is 5.38. The van der Waals surface area contributed by atoms with Crippen LogP contribution < -0.4 is 14.3 Å². The minimum Gasteiger partial charge on any atom is -0.543 e. The summed E-state index contributed by atoms with van der Waals surface area (Å²) in [5.41, 5.74) is -0.0457. The number of carbonyl (C=O) groups excluding carboxylic acids is 1. The molecule has 0 aliphatic rings. The molecule has 0 aliphatic heterocycles. The standard InChI is InChI=1S/C19H34N2O5SSi/c1-9-21(10-2)18(22)17-15(25-11-3)12-14(13-16(17)27(20,23)24)26-28(7,8)19(4,5)6/h12-13H,9-11H2,1-8H3,(H2,20,23,24). The molecule has 7 nitrogen and oxygen atoms in total. The van der Waals surface area contributed by atoms with Crippen LogP contribution in [0, 0.1) is 0 Å². The zero-order chi connectivity index (χ0) is 21.9. The van der Waals surface area contributed by atoms with Gasteiger partial charge >= 0.3 is 0 Å². The molecule has 0 aliphatic carbocycles. The molecule has 1 aromatic carbocycles. The Labute approximate surface area is 170 Å². The maximum absolute atomic E-state index is 13.0. The highest BCUT2D eigenvalue weighted by molar-refractivity contribution is 7.89. The van der Waals surface area contributed by atoms with Crippen LogP contribution in [0.1, 0.15) is 51.9 Å². The number of amides is 1. The fraction of sp³-hybridized carbons (Fsp3) is 0.632. The van der Waals surface area contributed by atoms with E-state index in [0.29, 0.717) is 18.8 Å². The molecule has 1 aromatic rings. The van der Waals surface area contributed by atoms with E-state index in [4.69, 9.17) is 14.3 Å². The first kappa shape index (κ1) is 24.5. The molecule has 0 saturated heterocycles. The summed E-state index contributed by atoms with van der Waals surface area (Å²) < 4.78 is 36.6. The lowest BCUT2D eigenvalue weighted by atomic mass is 10.1. The van der Waals surface area contributed by atoms with Crippen molar-refractivity contribution < 1.29 is 22.4 Å². The van der Waals surface area contributed by atoms with Crippen LogP contribution >= 0.6 is 0 Å². The molecule has 0 atom stereocenters. The summed E-state index contributed by atoms with van der Waals surface area (Å²) in [7, 11) is -6.42. The molecule has 9 heteroatoms. The van der Waals surface area contributed by atoms with E-state index >= 15 is 0 Å². The topological polar surface area (TPSA) is 98.9 Å². The summed E-state index contributed by atoms with van der Waals surface area (Å²) in [6.45, 7) is 16.9. The molecule has 0 fully saturated rings. The monoisotopic (exact) mass is 430 g/mol. The normalized spacial score (nSPS) is 12.6. The number of hydrogen-bond donors (Lipinski definition) is 1. The van der Waals surface area contributed by atoms with Crippen LogP contribution in [0.5, 0.6) is 11.5 Å². The highest BCUT2D eigenvalue weighted by Gasteiger charge is 2.39. The fourth-order valence-electron chi connectivity index (χ4n) is 2.45. The summed E-state index contributed by atoms with van der Waals surface area (Å²) >= 11 is 0. The zero-order valence-corrected chi connectivity index (χ0v) is 20.1. The van der Waals surface area contributed by atoms with Gasteiger partial charge in [0, 0.05) is 19.2 Å². The van der Waals surface area contributed by atoms with Gasteiger partial charge in [0.05, 0.1) is 6.61 Å². The van der Waals surface area contributed by atoms with E-state index in [9.17, 15) is 13.2 Å². The van der Waals surface area contributed by atoms with Gasteiger partial charge in [-0.25, -0.2) is 13.6 Å². The third-order valence-electron chi connectivity index (χ3n) is 5.09. The van der Waals surface area contributed by atoms with Crippen LogP contribution in [-0.4, -0.2) is 47.2 Å². The summed E-state index contributed by atoms with van der Waals surface area (Å²) in [5.74, 6) is 0.0751. The largest absolute Gasteiger partial charge is 0.543 e. The van der Waals surface area contributed by atoms with E-state index in [1.165, 1.54) is 11.0 Å². The lowest BCUT2D eigenvalue weighted by molar-refractivity contribution is 0.0764. The number of sulfonamides is 1. The van der Waals surface area contributed by atoms with Crippen LogP contribution in [0.3, 0.4) is 0 Å². The highest BCUT2D eigenvalue weighted by atomic mass is 32.2. The van der Waals surface area contributed by atoms with Crippen LogP contribution in [0.15, 0.2) is 17.0 Å². The van der Waals surface area contributed by atoms with Crippen LogP contribution in [0.4, 0.5) is 0 Å². The number of rotatable bonds is 8.